The number of halogens is 1. The molecule has 1 aromatic rings. The largest absolute Gasteiger partial charge is 0.486 e. The first-order valence-electron chi connectivity index (χ1n) is 4.57. The molecule has 4 nitrogen and oxygen atoms in total. The Morgan fingerprint density at radius 3 is 2.73 bits per heavy atom. The van der Waals surface area contributed by atoms with Crippen molar-refractivity contribution in [3.05, 3.63) is 34.1 Å². The SMILES string of the molecule is CC(C)COc1cc(F)ccc1[N+](=O)[O-]. The van der Waals surface area contributed by atoms with Crippen molar-refractivity contribution in [3.8, 4) is 5.75 Å². The third-order valence-corrected chi connectivity index (χ3v) is 1.69. The van der Waals surface area contributed by atoms with Gasteiger partial charge in [0, 0.05) is 12.1 Å². The van der Waals surface area contributed by atoms with Crippen LogP contribution in [0, 0.1) is 21.8 Å². The fourth-order valence-corrected chi connectivity index (χ4v) is 1.01. The van der Waals surface area contributed by atoms with E-state index in [9.17, 15) is 14.5 Å². The van der Waals surface area contributed by atoms with Gasteiger partial charge in [0.25, 0.3) is 0 Å². The Labute approximate surface area is 86.8 Å². The summed E-state index contributed by atoms with van der Waals surface area (Å²) in [7, 11) is 0. The zero-order chi connectivity index (χ0) is 11.4. The van der Waals surface area contributed by atoms with Gasteiger partial charge in [-0.1, -0.05) is 13.8 Å². The first kappa shape index (κ1) is 11.4. The van der Waals surface area contributed by atoms with Gasteiger partial charge in [0.1, 0.15) is 5.82 Å². The number of ether oxygens (including phenoxy) is 1. The van der Waals surface area contributed by atoms with E-state index in [4.69, 9.17) is 4.74 Å². The lowest BCUT2D eigenvalue weighted by Gasteiger charge is -2.08. The summed E-state index contributed by atoms with van der Waals surface area (Å²) in [5.74, 6) is -0.332. The highest BCUT2D eigenvalue weighted by molar-refractivity contribution is 5.46. The fourth-order valence-electron chi connectivity index (χ4n) is 1.01. The molecule has 0 aliphatic heterocycles. The fraction of sp³-hybridized carbons (Fsp3) is 0.400. The van der Waals surface area contributed by atoms with Crippen molar-refractivity contribution in [2.45, 2.75) is 13.8 Å². The number of hydrogen-bond donors (Lipinski definition) is 0. The molecule has 5 heteroatoms. The summed E-state index contributed by atoms with van der Waals surface area (Å²) >= 11 is 0. The zero-order valence-electron chi connectivity index (χ0n) is 8.57. The Kier molecular flexibility index (Phi) is 3.60. The van der Waals surface area contributed by atoms with Crippen molar-refractivity contribution in [1.29, 1.82) is 0 Å². The van der Waals surface area contributed by atoms with Crippen molar-refractivity contribution in [2.24, 2.45) is 5.92 Å². The van der Waals surface area contributed by atoms with Gasteiger partial charge in [-0.15, -0.1) is 0 Å². The van der Waals surface area contributed by atoms with Crippen molar-refractivity contribution >= 4 is 5.69 Å². The molecule has 0 amide bonds. The topological polar surface area (TPSA) is 52.4 Å². The number of nitro groups is 1. The van der Waals surface area contributed by atoms with Crippen molar-refractivity contribution in [1.82, 2.24) is 0 Å². The second-order valence-electron chi connectivity index (χ2n) is 3.57. The van der Waals surface area contributed by atoms with E-state index in [1.54, 1.807) is 0 Å². The maximum atomic E-state index is 12.8. The molecule has 15 heavy (non-hydrogen) atoms. The third kappa shape index (κ3) is 3.19. The smallest absolute Gasteiger partial charge is 0.311 e. The van der Waals surface area contributed by atoms with Crippen LogP contribution < -0.4 is 4.74 Å². The van der Waals surface area contributed by atoms with Gasteiger partial charge in [-0.25, -0.2) is 4.39 Å². The zero-order valence-corrected chi connectivity index (χ0v) is 8.57. The highest BCUT2D eigenvalue weighted by Gasteiger charge is 2.15. The highest BCUT2D eigenvalue weighted by atomic mass is 19.1. The summed E-state index contributed by atoms with van der Waals surface area (Å²) in [5.41, 5.74) is -0.211. The molecule has 82 valence electrons. The molecular weight excluding hydrogens is 201 g/mol. The third-order valence-electron chi connectivity index (χ3n) is 1.69. The molecule has 0 N–H and O–H groups in total. The number of hydrogen-bond acceptors (Lipinski definition) is 3. The molecule has 0 radical (unpaired) electrons. The van der Waals surface area contributed by atoms with Crippen LogP contribution in [-0.4, -0.2) is 11.5 Å². The normalized spacial score (nSPS) is 10.4. The quantitative estimate of drug-likeness (QED) is 0.570. The molecule has 0 aliphatic carbocycles. The number of rotatable bonds is 4. The highest BCUT2D eigenvalue weighted by Crippen LogP contribution is 2.27. The first-order valence-corrected chi connectivity index (χ1v) is 4.57. The van der Waals surface area contributed by atoms with Crippen molar-refractivity contribution in [3.63, 3.8) is 0 Å². The lowest BCUT2D eigenvalue weighted by molar-refractivity contribution is -0.386. The Balaban J connectivity index is 2.92. The molecule has 0 atom stereocenters. The van der Waals surface area contributed by atoms with E-state index in [0.717, 1.165) is 18.2 Å². The van der Waals surface area contributed by atoms with Crippen LogP contribution in [0.25, 0.3) is 0 Å². The maximum absolute atomic E-state index is 12.8. The summed E-state index contributed by atoms with van der Waals surface area (Å²) in [6, 6.07) is 3.17. The second kappa shape index (κ2) is 4.72. The molecular formula is C10H12FNO3. The minimum absolute atomic E-state index is 0.0197. The van der Waals surface area contributed by atoms with Crippen molar-refractivity contribution < 1.29 is 14.1 Å². The van der Waals surface area contributed by atoms with Gasteiger partial charge in [-0.3, -0.25) is 10.1 Å². The molecule has 0 fully saturated rings. The Morgan fingerprint density at radius 1 is 1.53 bits per heavy atom. The summed E-state index contributed by atoms with van der Waals surface area (Å²) < 4.78 is 18.0. The maximum Gasteiger partial charge on any atom is 0.311 e. The molecule has 0 saturated heterocycles. The van der Waals surface area contributed by atoms with E-state index in [0.29, 0.717) is 6.61 Å². The van der Waals surface area contributed by atoms with Crippen LogP contribution in [0.2, 0.25) is 0 Å². The molecule has 0 aliphatic rings. The number of benzene rings is 1. The summed E-state index contributed by atoms with van der Waals surface area (Å²) in [6.45, 7) is 4.14. The van der Waals surface area contributed by atoms with E-state index in [1.165, 1.54) is 0 Å². The Morgan fingerprint density at radius 2 is 2.20 bits per heavy atom. The number of nitro benzene ring substituents is 1. The van der Waals surface area contributed by atoms with E-state index < -0.39 is 10.7 Å². The minimum atomic E-state index is -0.588. The predicted molar refractivity (Wildman–Crippen MR) is 53.4 cm³/mol. The predicted octanol–water partition coefficient (Wildman–Crippen LogP) is 2.77. The molecule has 0 aromatic heterocycles. The summed E-state index contributed by atoms with van der Waals surface area (Å²) in [4.78, 5) is 9.99. The molecule has 1 aromatic carbocycles. The van der Waals surface area contributed by atoms with Crippen LogP contribution in [0.15, 0.2) is 18.2 Å². The molecule has 0 heterocycles. The minimum Gasteiger partial charge on any atom is -0.486 e. The molecule has 0 saturated carbocycles. The lowest BCUT2D eigenvalue weighted by atomic mass is 10.2. The van der Waals surface area contributed by atoms with Crippen LogP contribution in [-0.2, 0) is 0 Å². The van der Waals surface area contributed by atoms with Gasteiger partial charge >= 0.3 is 5.69 Å². The molecule has 1 rings (SSSR count). The van der Waals surface area contributed by atoms with Crippen LogP contribution in [0.1, 0.15) is 13.8 Å². The van der Waals surface area contributed by atoms with Gasteiger partial charge < -0.3 is 4.74 Å². The van der Waals surface area contributed by atoms with E-state index >= 15 is 0 Å². The van der Waals surface area contributed by atoms with Crippen LogP contribution >= 0.6 is 0 Å². The van der Waals surface area contributed by atoms with Crippen molar-refractivity contribution in [2.75, 3.05) is 6.61 Å². The van der Waals surface area contributed by atoms with Crippen LogP contribution in [0.3, 0.4) is 0 Å². The van der Waals surface area contributed by atoms with E-state index in [2.05, 4.69) is 0 Å². The Hall–Kier alpha value is -1.65. The monoisotopic (exact) mass is 213 g/mol. The van der Waals surface area contributed by atoms with Gasteiger partial charge in [0.2, 0.25) is 0 Å². The molecule has 0 unspecified atom stereocenters. The average molecular weight is 213 g/mol. The van der Waals surface area contributed by atoms with Crippen LogP contribution in [0.4, 0.5) is 10.1 Å². The van der Waals surface area contributed by atoms with Crippen LogP contribution in [0.5, 0.6) is 5.75 Å². The summed E-state index contributed by atoms with van der Waals surface area (Å²) in [6.07, 6.45) is 0. The van der Waals surface area contributed by atoms with Gasteiger partial charge in [0.05, 0.1) is 11.5 Å². The standard InChI is InChI=1S/C10H12FNO3/c1-7(2)6-15-10-5-8(11)3-4-9(10)12(13)14/h3-5,7H,6H2,1-2H3. The average Bonchev–Trinajstić information content (AvgIpc) is 2.14. The second-order valence-corrected chi connectivity index (χ2v) is 3.57. The first-order chi connectivity index (χ1) is 7.00. The number of nitrogens with zero attached hydrogens (tertiary/aromatic N) is 1. The Bertz CT molecular complexity index is 366. The van der Waals surface area contributed by atoms with Gasteiger partial charge in [-0.2, -0.15) is 0 Å². The molecule has 0 bridgehead atoms. The lowest BCUT2D eigenvalue weighted by Crippen LogP contribution is -2.06. The van der Waals surface area contributed by atoms with Gasteiger partial charge in [-0.05, 0) is 12.0 Å². The van der Waals surface area contributed by atoms with E-state index in [1.807, 2.05) is 13.8 Å². The molecule has 0 spiro atoms. The summed E-state index contributed by atoms with van der Waals surface area (Å²) in [5, 5.41) is 10.6. The van der Waals surface area contributed by atoms with Gasteiger partial charge in [0.15, 0.2) is 5.75 Å². The van der Waals surface area contributed by atoms with E-state index in [-0.39, 0.29) is 17.4 Å².